The third kappa shape index (κ3) is 2.85. The first kappa shape index (κ1) is 12.9. The van der Waals surface area contributed by atoms with Gasteiger partial charge in [-0.2, -0.15) is 5.10 Å². The van der Waals surface area contributed by atoms with Gasteiger partial charge in [0.25, 0.3) is 0 Å². The van der Waals surface area contributed by atoms with Crippen LogP contribution in [0.4, 0.5) is 0 Å². The molecule has 6 nitrogen and oxygen atoms in total. The molecular weight excluding hydrogens is 248 g/mol. The Morgan fingerprint density at radius 1 is 1.47 bits per heavy atom. The first-order valence-electron chi connectivity index (χ1n) is 5.62. The molecular formula is C13H12N2O4. The first-order chi connectivity index (χ1) is 8.97. The number of aromatic nitrogens is 2. The standard InChI is InChI=1S/C13H12N2O4/c1-8-5-11(17)12(13(18)19-8)10(16)4-3-9-6-14-15(2)7-9/h3-7,12H,1-2H3. The van der Waals surface area contributed by atoms with Crippen molar-refractivity contribution in [2.75, 3.05) is 0 Å². The summed E-state index contributed by atoms with van der Waals surface area (Å²) in [5.41, 5.74) is 0.708. The smallest absolute Gasteiger partial charge is 0.329 e. The number of allylic oxidation sites excluding steroid dienone is 3. The second-order valence-electron chi connectivity index (χ2n) is 4.19. The lowest BCUT2D eigenvalue weighted by atomic mass is 9.96. The van der Waals surface area contributed by atoms with Crippen LogP contribution in [0.1, 0.15) is 12.5 Å². The van der Waals surface area contributed by atoms with E-state index in [1.54, 1.807) is 24.1 Å². The summed E-state index contributed by atoms with van der Waals surface area (Å²) >= 11 is 0. The molecule has 1 unspecified atom stereocenters. The van der Waals surface area contributed by atoms with Crippen molar-refractivity contribution >= 4 is 23.6 Å². The number of carbonyl (C=O) groups is 3. The molecule has 19 heavy (non-hydrogen) atoms. The number of nitrogens with zero attached hydrogens (tertiary/aromatic N) is 2. The summed E-state index contributed by atoms with van der Waals surface area (Å²) in [5.74, 6) is -3.16. The summed E-state index contributed by atoms with van der Waals surface area (Å²) < 4.78 is 6.36. The Balaban J connectivity index is 2.14. The topological polar surface area (TPSA) is 78.3 Å². The SMILES string of the molecule is CC1=CC(=O)C(C(=O)C=Cc2cnn(C)c2)C(=O)O1. The Morgan fingerprint density at radius 2 is 2.21 bits per heavy atom. The van der Waals surface area contributed by atoms with E-state index >= 15 is 0 Å². The number of esters is 1. The van der Waals surface area contributed by atoms with Crippen LogP contribution in [0.2, 0.25) is 0 Å². The Kier molecular flexibility index (Phi) is 3.41. The van der Waals surface area contributed by atoms with Crippen molar-refractivity contribution < 1.29 is 19.1 Å². The van der Waals surface area contributed by atoms with Crippen molar-refractivity contribution in [3.8, 4) is 0 Å². The molecule has 1 aliphatic rings. The zero-order valence-corrected chi connectivity index (χ0v) is 10.5. The molecule has 0 aromatic carbocycles. The second-order valence-corrected chi connectivity index (χ2v) is 4.19. The van der Waals surface area contributed by atoms with Crippen LogP contribution in [0.5, 0.6) is 0 Å². The van der Waals surface area contributed by atoms with Gasteiger partial charge in [0.05, 0.1) is 6.20 Å². The van der Waals surface area contributed by atoms with Crippen LogP contribution in [0.25, 0.3) is 6.08 Å². The normalized spacial score (nSPS) is 19.5. The van der Waals surface area contributed by atoms with Crippen molar-refractivity contribution in [2.24, 2.45) is 13.0 Å². The minimum atomic E-state index is -1.39. The third-order valence-corrected chi connectivity index (χ3v) is 2.58. The number of cyclic esters (lactones) is 1. The van der Waals surface area contributed by atoms with Gasteiger partial charge in [-0.25, -0.2) is 0 Å². The molecule has 0 saturated carbocycles. The quantitative estimate of drug-likeness (QED) is 0.453. The van der Waals surface area contributed by atoms with E-state index in [0.717, 1.165) is 6.08 Å². The Labute approximate surface area is 109 Å². The first-order valence-corrected chi connectivity index (χ1v) is 5.62. The van der Waals surface area contributed by atoms with E-state index in [-0.39, 0.29) is 5.76 Å². The largest absolute Gasteiger partial charge is 0.430 e. The minimum absolute atomic E-state index is 0.204. The van der Waals surface area contributed by atoms with E-state index in [4.69, 9.17) is 4.74 Å². The van der Waals surface area contributed by atoms with Crippen molar-refractivity contribution in [3.63, 3.8) is 0 Å². The zero-order chi connectivity index (χ0) is 14.0. The highest BCUT2D eigenvalue weighted by Crippen LogP contribution is 2.16. The molecule has 1 aromatic heterocycles. The molecule has 0 bridgehead atoms. The summed E-state index contributed by atoms with van der Waals surface area (Å²) in [7, 11) is 1.74. The highest BCUT2D eigenvalue weighted by Gasteiger charge is 2.36. The molecule has 0 fully saturated rings. The van der Waals surface area contributed by atoms with E-state index in [1.165, 1.54) is 19.1 Å². The lowest BCUT2D eigenvalue weighted by Crippen LogP contribution is -2.34. The number of hydrogen-bond acceptors (Lipinski definition) is 5. The zero-order valence-electron chi connectivity index (χ0n) is 10.5. The Bertz CT molecular complexity index is 610. The van der Waals surface area contributed by atoms with Gasteiger partial charge in [0.15, 0.2) is 17.5 Å². The van der Waals surface area contributed by atoms with Crippen LogP contribution in [0, 0.1) is 5.92 Å². The monoisotopic (exact) mass is 260 g/mol. The van der Waals surface area contributed by atoms with E-state index in [9.17, 15) is 14.4 Å². The van der Waals surface area contributed by atoms with Gasteiger partial charge in [-0.05, 0) is 19.1 Å². The van der Waals surface area contributed by atoms with Gasteiger partial charge < -0.3 is 4.74 Å². The second kappa shape index (κ2) is 5.01. The maximum Gasteiger partial charge on any atom is 0.329 e. The van der Waals surface area contributed by atoms with Crippen molar-refractivity contribution in [2.45, 2.75) is 6.92 Å². The van der Waals surface area contributed by atoms with Gasteiger partial charge in [0.1, 0.15) is 5.76 Å². The van der Waals surface area contributed by atoms with Gasteiger partial charge in [-0.15, -0.1) is 0 Å². The molecule has 1 aromatic rings. The molecule has 0 saturated heterocycles. The molecule has 2 rings (SSSR count). The van der Waals surface area contributed by atoms with E-state index < -0.39 is 23.5 Å². The predicted octanol–water partition coefficient (Wildman–Crippen LogP) is 0.648. The lowest BCUT2D eigenvalue weighted by Gasteiger charge is -2.15. The van der Waals surface area contributed by atoms with Gasteiger partial charge in [0, 0.05) is 24.9 Å². The van der Waals surface area contributed by atoms with Gasteiger partial charge in [0.2, 0.25) is 0 Å². The highest BCUT2D eigenvalue weighted by molar-refractivity contribution is 6.25. The lowest BCUT2D eigenvalue weighted by molar-refractivity contribution is -0.151. The maximum absolute atomic E-state index is 11.8. The summed E-state index contributed by atoms with van der Waals surface area (Å²) in [4.78, 5) is 35.0. The Hall–Kier alpha value is -2.50. The highest BCUT2D eigenvalue weighted by atomic mass is 16.5. The van der Waals surface area contributed by atoms with E-state index in [2.05, 4.69) is 5.10 Å². The van der Waals surface area contributed by atoms with Gasteiger partial charge in [-0.3, -0.25) is 19.1 Å². The molecule has 1 aliphatic heterocycles. The van der Waals surface area contributed by atoms with Gasteiger partial charge >= 0.3 is 5.97 Å². The molecule has 0 N–H and O–H groups in total. The average Bonchev–Trinajstić information content (AvgIpc) is 2.71. The van der Waals surface area contributed by atoms with Crippen LogP contribution in [-0.2, 0) is 26.2 Å². The number of carbonyl (C=O) groups excluding carboxylic acids is 3. The number of rotatable bonds is 3. The number of hydrogen-bond donors (Lipinski definition) is 0. The van der Waals surface area contributed by atoms with Crippen LogP contribution < -0.4 is 0 Å². The van der Waals surface area contributed by atoms with Crippen LogP contribution in [-0.4, -0.2) is 27.3 Å². The van der Waals surface area contributed by atoms with Crippen LogP contribution >= 0.6 is 0 Å². The molecule has 1 atom stereocenters. The van der Waals surface area contributed by atoms with E-state index in [1.807, 2.05) is 0 Å². The minimum Gasteiger partial charge on any atom is -0.430 e. The van der Waals surface area contributed by atoms with Crippen molar-refractivity contribution in [1.29, 1.82) is 0 Å². The molecule has 2 heterocycles. The van der Waals surface area contributed by atoms with Crippen LogP contribution in [0.3, 0.4) is 0 Å². The van der Waals surface area contributed by atoms with Crippen LogP contribution in [0.15, 0.2) is 30.3 Å². The fourth-order valence-corrected chi connectivity index (χ4v) is 1.70. The number of ether oxygens (including phenoxy) is 1. The van der Waals surface area contributed by atoms with Gasteiger partial charge in [-0.1, -0.05) is 0 Å². The van der Waals surface area contributed by atoms with Crippen molar-refractivity contribution in [3.05, 3.63) is 35.9 Å². The molecule has 0 spiro atoms. The fraction of sp³-hybridized carbons (Fsp3) is 0.231. The summed E-state index contributed by atoms with van der Waals surface area (Å²) in [5, 5.41) is 3.93. The molecule has 0 radical (unpaired) electrons. The number of aryl methyl sites for hydroxylation is 1. The maximum atomic E-state index is 11.8. The number of ketones is 2. The third-order valence-electron chi connectivity index (χ3n) is 2.58. The fourth-order valence-electron chi connectivity index (χ4n) is 1.70. The molecule has 0 amide bonds. The predicted molar refractivity (Wildman–Crippen MR) is 65.6 cm³/mol. The Morgan fingerprint density at radius 3 is 2.79 bits per heavy atom. The molecule has 6 heteroatoms. The van der Waals surface area contributed by atoms with Crippen molar-refractivity contribution in [1.82, 2.24) is 9.78 Å². The summed E-state index contributed by atoms with van der Waals surface area (Å²) in [6.45, 7) is 1.49. The summed E-state index contributed by atoms with van der Waals surface area (Å²) in [6.07, 6.45) is 7.11. The summed E-state index contributed by atoms with van der Waals surface area (Å²) in [6, 6.07) is 0. The van der Waals surface area contributed by atoms with E-state index in [0.29, 0.717) is 5.56 Å². The average molecular weight is 260 g/mol. The molecule has 98 valence electrons. The molecule has 0 aliphatic carbocycles.